The summed E-state index contributed by atoms with van der Waals surface area (Å²) in [6.45, 7) is 5.88. The van der Waals surface area contributed by atoms with Crippen molar-refractivity contribution < 1.29 is 13.2 Å². The zero-order chi connectivity index (χ0) is 17.0. The number of nitrogens with one attached hydrogen (secondary N) is 1. The van der Waals surface area contributed by atoms with Gasteiger partial charge in [-0.05, 0) is 54.9 Å². The summed E-state index contributed by atoms with van der Waals surface area (Å²) in [5.74, 6) is 0.282. The Morgan fingerprint density at radius 2 is 2.04 bits per heavy atom. The Morgan fingerprint density at radius 3 is 2.57 bits per heavy atom. The Balaban J connectivity index is 1.88. The highest BCUT2D eigenvalue weighted by Crippen LogP contribution is 2.64. The van der Waals surface area contributed by atoms with E-state index in [-0.39, 0.29) is 17.0 Å². The van der Waals surface area contributed by atoms with Crippen molar-refractivity contribution in [2.24, 2.45) is 16.7 Å². The van der Waals surface area contributed by atoms with Gasteiger partial charge >= 0.3 is 0 Å². The number of carbonyl (C=O) groups is 1. The lowest BCUT2D eigenvalue weighted by Crippen LogP contribution is -2.43. The van der Waals surface area contributed by atoms with Crippen molar-refractivity contribution in [3.8, 4) is 0 Å². The largest absolute Gasteiger partial charge is 0.299 e. The highest BCUT2D eigenvalue weighted by Gasteiger charge is 2.65. The normalized spacial score (nSPS) is 29.0. The molecule has 0 heterocycles. The molecule has 0 aliphatic heterocycles. The molecular weight excluding hydrogens is 334 g/mol. The number of hydrogen-bond acceptors (Lipinski definition) is 3. The minimum atomic E-state index is -3.62. The molecule has 0 aromatic heterocycles. The number of carbonyl (C=O) groups excluding carboxylic acids is 1. The van der Waals surface area contributed by atoms with Gasteiger partial charge in [-0.1, -0.05) is 25.4 Å². The van der Waals surface area contributed by atoms with Gasteiger partial charge in [-0.3, -0.25) is 9.52 Å². The first kappa shape index (κ1) is 16.8. The van der Waals surface area contributed by atoms with Crippen LogP contribution < -0.4 is 4.72 Å². The first-order valence-electron chi connectivity index (χ1n) is 7.87. The SMILES string of the molecule is Cc1cc(Cl)ccc1NS(=O)(=O)C[C@]12CC[C@@H](CC1=O)C2(C)C. The molecule has 0 amide bonds. The molecule has 0 spiro atoms. The van der Waals surface area contributed by atoms with Gasteiger partial charge in [0, 0.05) is 11.4 Å². The Hall–Kier alpha value is -1.07. The molecule has 1 N–H and O–H groups in total. The second kappa shape index (κ2) is 5.21. The minimum absolute atomic E-state index is 0.108. The molecule has 0 saturated heterocycles. The average molecular weight is 356 g/mol. The second-order valence-corrected chi connectivity index (χ2v) is 9.65. The third-order valence-electron chi connectivity index (χ3n) is 6.03. The third kappa shape index (κ3) is 2.58. The van der Waals surface area contributed by atoms with E-state index in [9.17, 15) is 13.2 Å². The van der Waals surface area contributed by atoms with E-state index < -0.39 is 15.4 Å². The van der Waals surface area contributed by atoms with Gasteiger partial charge in [0.1, 0.15) is 5.78 Å². The van der Waals surface area contributed by atoms with Crippen molar-refractivity contribution in [1.29, 1.82) is 0 Å². The summed E-state index contributed by atoms with van der Waals surface area (Å²) in [6, 6.07) is 5.03. The average Bonchev–Trinajstić information content (AvgIpc) is 2.75. The fraction of sp³-hybridized carbons (Fsp3) is 0.588. The maximum Gasteiger partial charge on any atom is 0.233 e. The Morgan fingerprint density at radius 1 is 1.35 bits per heavy atom. The molecule has 0 unspecified atom stereocenters. The molecule has 2 aliphatic carbocycles. The van der Waals surface area contributed by atoms with E-state index in [1.54, 1.807) is 25.1 Å². The van der Waals surface area contributed by atoms with Crippen molar-refractivity contribution in [2.75, 3.05) is 10.5 Å². The van der Waals surface area contributed by atoms with Crippen LogP contribution in [0, 0.1) is 23.7 Å². The molecule has 2 atom stereocenters. The first-order valence-corrected chi connectivity index (χ1v) is 9.90. The summed E-state index contributed by atoms with van der Waals surface area (Å²) in [6.07, 6.45) is 2.13. The molecule has 0 radical (unpaired) electrons. The maximum absolute atomic E-state index is 12.7. The van der Waals surface area contributed by atoms with Crippen LogP contribution in [0.15, 0.2) is 18.2 Å². The summed E-state index contributed by atoms with van der Waals surface area (Å²) >= 11 is 5.91. The van der Waals surface area contributed by atoms with E-state index in [2.05, 4.69) is 4.72 Å². The van der Waals surface area contributed by atoms with Crippen molar-refractivity contribution in [1.82, 2.24) is 0 Å². The maximum atomic E-state index is 12.7. The monoisotopic (exact) mass is 355 g/mol. The van der Waals surface area contributed by atoms with Gasteiger partial charge in [-0.15, -0.1) is 0 Å². The molecular formula is C17H22ClNO3S. The summed E-state index contributed by atoms with van der Waals surface area (Å²) in [5, 5.41) is 0.565. The van der Waals surface area contributed by atoms with Crippen LogP contribution in [0.1, 0.15) is 38.7 Å². The summed E-state index contributed by atoms with van der Waals surface area (Å²) in [5.41, 5.74) is 0.279. The van der Waals surface area contributed by atoms with Crippen LogP contribution in [-0.4, -0.2) is 20.0 Å². The van der Waals surface area contributed by atoms with Gasteiger partial charge < -0.3 is 0 Å². The molecule has 3 rings (SSSR count). The molecule has 126 valence electrons. The topological polar surface area (TPSA) is 63.2 Å². The number of ketones is 1. The lowest BCUT2D eigenvalue weighted by Gasteiger charge is -2.36. The summed E-state index contributed by atoms with van der Waals surface area (Å²) in [7, 11) is -3.62. The van der Waals surface area contributed by atoms with E-state index in [0.29, 0.717) is 29.5 Å². The molecule has 1 aromatic carbocycles. The quantitative estimate of drug-likeness (QED) is 0.893. The van der Waals surface area contributed by atoms with Crippen LogP contribution >= 0.6 is 11.6 Å². The predicted octanol–water partition coefficient (Wildman–Crippen LogP) is 3.79. The number of Topliss-reactive ketones (excluding diaryl/α,β-unsaturated/α-hetero) is 1. The molecule has 23 heavy (non-hydrogen) atoms. The Kier molecular flexibility index (Phi) is 3.80. The molecule has 2 saturated carbocycles. The highest BCUT2D eigenvalue weighted by atomic mass is 35.5. The smallest absolute Gasteiger partial charge is 0.233 e. The molecule has 2 bridgehead atoms. The molecule has 2 aliphatic rings. The molecule has 6 heteroatoms. The standard InChI is InChI=1S/C17H22ClNO3S/c1-11-8-13(18)4-5-14(11)19-23(21,22)10-17-7-6-12(9-15(17)20)16(17,2)3/h4-5,8,12,19H,6-7,9-10H2,1-3H3/t12-,17+/m0/s1. The number of anilines is 1. The van der Waals surface area contributed by atoms with Crippen LogP contribution in [0.25, 0.3) is 0 Å². The van der Waals surface area contributed by atoms with E-state index in [1.807, 2.05) is 13.8 Å². The van der Waals surface area contributed by atoms with Crippen LogP contribution in [0.2, 0.25) is 5.02 Å². The van der Waals surface area contributed by atoms with E-state index >= 15 is 0 Å². The van der Waals surface area contributed by atoms with Gasteiger partial charge in [-0.2, -0.15) is 0 Å². The summed E-state index contributed by atoms with van der Waals surface area (Å²) < 4.78 is 28.1. The van der Waals surface area contributed by atoms with E-state index in [4.69, 9.17) is 11.6 Å². The van der Waals surface area contributed by atoms with Crippen LogP contribution in [0.5, 0.6) is 0 Å². The van der Waals surface area contributed by atoms with Gasteiger partial charge in [0.15, 0.2) is 0 Å². The number of fused-ring (bicyclic) bond motifs is 2. The first-order chi connectivity index (χ1) is 10.6. The zero-order valence-corrected chi connectivity index (χ0v) is 15.2. The van der Waals surface area contributed by atoms with Crippen molar-refractivity contribution in [3.63, 3.8) is 0 Å². The van der Waals surface area contributed by atoms with Crippen LogP contribution in [-0.2, 0) is 14.8 Å². The van der Waals surface area contributed by atoms with Crippen LogP contribution in [0.4, 0.5) is 5.69 Å². The zero-order valence-electron chi connectivity index (χ0n) is 13.6. The second-order valence-electron chi connectivity index (χ2n) is 7.49. The highest BCUT2D eigenvalue weighted by molar-refractivity contribution is 7.92. The fourth-order valence-corrected chi connectivity index (χ4v) is 6.57. The van der Waals surface area contributed by atoms with Crippen LogP contribution in [0.3, 0.4) is 0 Å². The molecule has 2 fully saturated rings. The van der Waals surface area contributed by atoms with Gasteiger partial charge in [0.05, 0.1) is 16.9 Å². The number of sulfonamides is 1. The molecule has 4 nitrogen and oxygen atoms in total. The lowest BCUT2D eigenvalue weighted by atomic mass is 9.70. The molecule has 1 aromatic rings. The predicted molar refractivity (Wildman–Crippen MR) is 92.2 cm³/mol. The van der Waals surface area contributed by atoms with Gasteiger partial charge in [-0.25, -0.2) is 8.42 Å². The Labute approximate surface area is 142 Å². The minimum Gasteiger partial charge on any atom is -0.299 e. The van der Waals surface area contributed by atoms with Crippen molar-refractivity contribution >= 4 is 33.1 Å². The van der Waals surface area contributed by atoms with Crippen molar-refractivity contribution in [3.05, 3.63) is 28.8 Å². The fourth-order valence-electron chi connectivity index (χ4n) is 4.38. The van der Waals surface area contributed by atoms with Gasteiger partial charge in [0.25, 0.3) is 0 Å². The number of aryl methyl sites for hydroxylation is 1. The van der Waals surface area contributed by atoms with E-state index in [1.165, 1.54) is 0 Å². The number of benzene rings is 1. The number of rotatable bonds is 4. The third-order valence-corrected chi connectivity index (χ3v) is 7.67. The lowest BCUT2D eigenvalue weighted by molar-refractivity contribution is -0.128. The number of hydrogen-bond donors (Lipinski definition) is 1. The number of halogens is 1. The van der Waals surface area contributed by atoms with Crippen molar-refractivity contribution in [2.45, 2.75) is 40.0 Å². The summed E-state index contributed by atoms with van der Waals surface area (Å²) in [4.78, 5) is 12.5. The Bertz CT molecular complexity index is 772. The van der Waals surface area contributed by atoms with E-state index in [0.717, 1.165) is 12.0 Å². The van der Waals surface area contributed by atoms with Gasteiger partial charge in [0.2, 0.25) is 10.0 Å².